The first-order chi connectivity index (χ1) is 13.5. The molecule has 2 heterocycles. The molecular formula is C22H25N3O3. The number of carbonyl (C=O) groups is 1. The summed E-state index contributed by atoms with van der Waals surface area (Å²) in [6.07, 6.45) is 9.81. The van der Waals surface area contributed by atoms with E-state index in [2.05, 4.69) is 34.8 Å². The van der Waals surface area contributed by atoms with Gasteiger partial charge in [0.1, 0.15) is 0 Å². The third-order valence-corrected chi connectivity index (χ3v) is 5.56. The minimum absolute atomic E-state index is 0.215. The zero-order chi connectivity index (χ0) is 19.7. The summed E-state index contributed by atoms with van der Waals surface area (Å²) in [6.45, 7) is 4.27. The normalized spacial score (nSPS) is 15.5. The first-order valence-corrected chi connectivity index (χ1v) is 9.81. The SMILES string of the molecule is Cc1cc(C=CC(=O)Nc2ccc3oc(=O)[nH]c3c2)c(C)n1C1CCCCC1. The molecule has 1 aliphatic carbocycles. The van der Waals surface area contributed by atoms with Crippen molar-refractivity contribution in [3.05, 3.63) is 57.8 Å². The third kappa shape index (κ3) is 3.67. The average Bonchev–Trinajstić information content (AvgIpc) is 3.18. The minimum atomic E-state index is -0.508. The summed E-state index contributed by atoms with van der Waals surface area (Å²) in [5.41, 5.74) is 5.17. The van der Waals surface area contributed by atoms with Crippen molar-refractivity contribution in [1.29, 1.82) is 0 Å². The second-order valence-electron chi connectivity index (χ2n) is 7.54. The molecule has 3 aromatic rings. The average molecular weight is 379 g/mol. The Morgan fingerprint density at radius 1 is 1.21 bits per heavy atom. The quantitative estimate of drug-likeness (QED) is 0.645. The van der Waals surface area contributed by atoms with E-state index in [1.54, 1.807) is 24.3 Å². The van der Waals surface area contributed by atoms with Gasteiger partial charge in [0.2, 0.25) is 5.91 Å². The molecule has 2 N–H and O–H groups in total. The Hall–Kier alpha value is -3.02. The second-order valence-corrected chi connectivity index (χ2v) is 7.54. The van der Waals surface area contributed by atoms with Crippen molar-refractivity contribution in [2.75, 3.05) is 5.32 Å². The highest BCUT2D eigenvalue weighted by Gasteiger charge is 2.19. The fourth-order valence-corrected chi connectivity index (χ4v) is 4.25. The van der Waals surface area contributed by atoms with Crippen molar-refractivity contribution < 1.29 is 9.21 Å². The molecule has 0 spiro atoms. The maximum atomic E-state index is 12.3. The summed E-state index contributed by atoms with van der Waals surface area (Å²) in [7, 11) is 0. The van der Waals surface area contributed by atoms with E-state index in [1.807, 2.05) is 6.08 Å². The number of carbonyl (C=O) groups excluding carboxylic acids is 1. The molecule has 28 heavy (non-hydrogen) atoms. The van der Waals surface area contributed by atoms with Gasteiger partial charge in [0.15, 0.2) is 5.58 Å². The molecule has 0 atom stereocenters. The molecule has 0 radical (unpaired) electrons. The van der Waals surface area contributed by atoms with Crippen molar-refractivity contribution >= 4 is 28.8 Å². The van der Waals surface area contributed by atoms with Crippen LogP contribution in [-0.4, -0.2) is 15.5 Å². The van der Waals surface area contributed by atoms with Crippen LogP contribution in [0.2, 0.25) is 0 Å². The molecule has 0 unspecified atom stereocenters. The van der Waals surface area contributed by atoms with E-state index in [-0.39, 0.29) is 5.91 Å². The van der Waals surface area contributed by atoms with Crippen molar-refractivity contribution in [1.82, 2.24) is 9.55 Å². The monoisotopic (exact) mass is 379 g/mol. The van der Waals surface area contributed by atoms with Gasteiger partial charge in [-0.25, -0.2) is 4.79 Å². The van der Waals surface area contributed by atoms with E-state index in [4.69, 9.17) is 4.42 Å². The molecular weight excluding hydrogens is 354 g/mol. The molecule has 1 aliphatic rings. The molecule has 4 rings (SSSR count). The molecule has 2 aromatic heterocycles. The van der Waals surface area contributed by atoms with Gasteiger partial charge in [0, 0.05) is 29.2 Å². The number of fused-ring (bicyclic) bond motifs is 1. The largest absolute Gasteiger partial charge is 0.417 e. The standard InChI is InChI=1S/C22H25N3O3/c1-14-12-16(15(2)25(14)18-6-4-3-5-7-18)8-11-21(26)23-17-9-10-20-19(13-17)24-22(27)28-20/h8-13,18H,3-7H2,1-2H3,(H,23,26)(H,24,27). The van der Waals surface area contributed by atoms with Gasteiger partial charge in [0.25, 0.3) is 0 Å². The number of rotatable bonds is 4. The number of hydrogen-bond donors (Lipinski definition) is 2. The molecule has 0 aliphatic heterocycles. The Morgan fingerprint density at radius 2 is 2.00 bits per heavy atom. The summed E-state index contributed by atoms with van der Waals surface area (Å²) >= 11 is 0. The van der Waals surface area contributed by atoms with Crippen molar-refractivity contribution in [3.8, 4) is 0 Å². The summed E-state index contributed by atoms with van der Waals surface area (Å²) in [6, 6.07) is 7.77. The van der Waals surface area contributed by atoms with E-state index in [0.717, 1.165) is 5.56 Å². The first kappa shape index (κ1) is 18.3. The van der Waals surface area contributed by atoms with E-state index in [0.29, 0.717) is 22.8 Å². The van der Waals surface area contributed by atoms with Crippen LogP contribution in [0.3, 0.4) is 0 Å². The molecule has 1 amide bonds. The number of nitrogens with zero attached hydrogens (tertiary/aromatic N) is 1. The van der Waals surface area contributed by atoms with E-state index in [1.165, 1.54) is 43.5 Å². The van der Waals surface area contributed by atoms with E-state index < -0.39 is 5.76 Å². The lowest BCUT2D eigenvalue weighted by atomic mass is 9.95. The molecule has 146 valence electrons. The van der Waals surface area contributed by atoms with Crippen LogP contribution in [-0.2, 0) is 4.79 Å². The lowest BCUT2D eigenvalue weighted by molar-refractivity contribution is -0.111. The lowest BCUT2D eigenvalue weighted by Crippen LogP contribution is -2.15. The number of aromatic amines is 1. The van der Waals surface area contributed by atoms with Crippen LogP contribution in [0.25, 0.3) is 17.2 Å². The number of benzene rings is 1. The lowest BCUT2D eigenvalue weighted by Gasteiger charge is -2.26. The number of aromatic nitrogens is 2. The Morgan fingerprint density at radius 3 is 2.79 bits per heavy atom. The Kier molecular flexibility index (Phi) is 4.94. The number of hydrogen-bond acceptors (Lipinski definition) is 3. The van der Waals surface area contributed by atoms with Gasteiger partial charge in [-0.2, -0.15) is 0 Å². The fourth-order valence-electron chi connectivity index (χ4n) is 4.25. The highest BCUT2D eigenvalue weighted by Crippen LogP contribution is 2.32. The summed E-state index contributed by atoms with van der Waals surface area (Å²) in [5.74, 6) is -0.723. The summed E-state index contributed by atoms with van der Waals surface area (Å²) in [5, 5.41) is 2.82. The molecule has 1 aromatic carbocycles. The molecule has 0 saturated heterocycles. The van der Waals surface area contributed by atoms with Crippen LogP contribution in [0.1, 0.15) is 55.1 Å². The van der Waals surface area contributed by atoms with Crippen molar-refractivity contribution in [2.24, 2.45) is 0 Å². The molecule has 1 fully saturated rings. The fraction of sp³-hybridized carbons (Fsp3) is 0.364. The second kappa shape index (κ2) is 7.54. The number of amides is 1. The van der Waals surface area contributed by atoms with Gasteiger partial charge in [-0.1, -0.05) is 19.3 Å². The Bertz CT molecular complexity index is 1090. The van der Waals surface area contributed by atoms with E-state index >= 15 is 0 Å². The highest BCUT2D eigenvalue weighted by atomic mass is 16.4. The highest BCUT2D eigenvalue weighted by molar-refractivity contribution is 6.02. The van der Waals surface area contributed by atoms with Crippen molar-refractivity contribution in [3.63, 3.8) is 0 Å². The minimum Gasteiger partial charge on any atom is -0.408 e. The predicted octanol–water partition coefficient (Wildman–Crippen LogP) is 4.70. The van der Waals surface area contributed by atoms with Gasteiger partial charge in [0.05, 0.1) is 5.52 Å². The van der Waals surface area contributed by atoms with Gasteiger partial charge >= 0.3 is 5.76 Å². The molecule has 0 bridgehead atoms. The van der Waals surface area contributed by atoms with Crippen LogP contribution >= 0.6 is 0 Å². The Balaban J connectivity index is 1.48. The predicted molar refractivity (Wildman–Crippen MR) is 111 cm³/mol. The number of H-pyrrole nitrogens is 1. The maximum Gasteiger partial charge on any atom is 0.417 e. The van der Waals surface area contributed by atoms with Crippen LogP contribution < -0.4 is 11.1 Å². The smallest absolute Gasteiger partial charge is 0.408 e. The van der Waals surface area contributed by atoms with Gasteiger partial charge in [-0.05, 0) is 62.6 Å². The Labute approximate surface area is 163 Å². The molecule has 1 saturated carbocycles. The van der Waals surface area contributed by atoms with Crippen LogP contribution in [0.5, 0.6) is 0 Å². The third-order valence-electron chi connectivity index (χ3n) is 5.56. The number of aryl methyl sites for hydroxylation is 1. The van der Waals surface area contributed by atoms with Crippen molar-refractivity contribution in [2.45, 2.75) is 52.0 Å². The van der Waals surface area contributed by atoms with Gasteiger partial charge in [-0.3, -0.25) is 9.78 Å². The van der Waals surface area contributed by atoms with Crippen LogP contribution in [0.15, 0.2) is 39.6 Å². The first-order valence-electron chi connectivity index (χ1n) is 9.81. The van der Waals surface area contributed by atoms with Gasteiger partial charge in [-0.15, -0.1) is 0 Å². The zero-order valence-electron chi connectivity index (χ0n) is 16.2. The number of nitrogens with one attached hydrogen (secondary N) is 2. The van der Waals surface area contributed by atoms with E-state index in [9.17, 15) is 9.59 Å². The van der Waals surface area contributed by atoms with Crippen LogP contribution in [0, 0.1) is 13.8 Å². The zero-order valence-corrected chi connectivity index (χ0v) is 16.2. The maximum absolute atomic E-state index is 12.3. The number of anilines is 1. The molecule has 6 nitrogen and oxygen atoms in total. The summed E-state index contributed by atoms with van der Waals surface area (Å²) < 4.78 is 7.40. The van der Waals surface area contributed by atoms with Crippen LogP contribution in [0.4, 0.5) is 5.69 Å². The summed E-state index contributed by atoms with van der Waals surface area (Å²) in [4.78, 5) is 26.1. The van der Waals surface area contributed by atoms with Gasteiger partial charge < -0.3 is 14.3 Å². The number of oxazole rings is 1. The topological polar surface area (TPSA) is 80.0 Å². The molecule has 6 heteroatoms.